The molecule has 2 aromatic rings. The third kappa shape index (κ3) is 5.33. The summed E-state index contributed by atoms with van der Waals surface area (Å²) >= 11 is 2.52. The summed E-state index contributed by atoms with van der Waals surface area (Å²) < 4.78 is 5.21. The number of nitrogens with one attached hydrogen (secondary N) is 1. The molecule has 0 fully saturated rings. The maximum Gasteiger partial charge on any atom is 0.319 e. The van der Waals surface area contributed by atoms with Crippen LogP contribution >= 0.6 is 23.1 Å². The Kier molecular flexibility index (Phi) is 6.60. The minimum atomic E-state index is -0.992. The maximum atomic E-state index is 12.2. The van der Waals surface area contributed by atoms with Gasteiger partial charge in [-0.2, -0.15) is 0 Å². The van der Waals surface area contributed by atoms with Crippen molar-refractivity contribution in [1.82, 2.24) is 0 Å². The van der Waals surface area contributed by atoms with Crippen molar-refractivity contribution in [3.63, 3.8) is 0 Å². The highest BCUT2D eigenvalue weighted by molar-refractivity contribution is 8.00. The van der Waals surface area contributed by atoms with E-state index in [1.807, 2.05) is 30.3 Å². The lowest BCUT2D eigenvalue weighted by Gasteiger charge is -2.16. The molecule has 0 aliphatic heterocycles. The van der Waals surface area contributed by atoms with Crippen molar-refractivity contribution in [2.45, 2.75) is 30.1 Å². The van der Waals surface area contributed by atoms with Crippen molar-refractivity contribution in [1.29, 1.82) is 0 Å². The van der Waals surface area contributed by atoms with Crippen LogP contribution in [0.4, 0.5) is 5.00 Å². The zero-order chi connectivity index (χ0) is 18.4. The van der Waals surface area contributed by atoms with E-state index in [0.29, 0.717) is 5.00 Å². The number of thioether (sulfide) groups is 1. The van der Waals surface area contributed by atoms with Crippen LogP contribution in [0.1, 0.15) is 24.2 Å². The van der Waals surface area contributed by atoms with E-state index >= 15 is 0 Å². The standard InChI is InChI=1S/C17H18N2O4S2/c1-10(15(21)19-16-13(14(18)20)8-9-24-16)23-17(22)11(2)25-12-6-4-3-5-7-12/h3-11H,1-2H3,(H2,18,20)(H,19,21)/t10-,11-/m1/s1. The molecule has 0 aliphatic rings. The van der Waals surface area contributed by atoms with Crippen molar-refractivity contribution < 1.29 is 19.1 Å². The highest BCUT2D eigenvalue weighted by atomic mass is 32.2. The molecule has 0 aliphatic carbocycles. The number of benzene rings is 1. The SMILES string of the molecule is C[C@@H](OC(=O)[C@@H](C)Sc1ccccc1)C(=O)Nc1sccc1C(N)=O. The highest BCUT2D eigenvalue weighted by Gasteiger charge is 2.24. The van der Waals surface area contributed by atoms with Crippen LogP contribution < -0.4 is 11.1 Å². The molecule has 2 amide bonds. The van der Waals surface area contributed by atoms with Gasteiger partial charge in [0.1, 0.15) is 10.3 Å². The predicted molar refractivity (Wildman–Crippen MR) is 98.8 cm³/mol. The average molecular weight is 378 g/mol. The van der Waals surface area contributed by atoms with Crippen LogP contribution in [-0.4, -0.2) is 29.1 Å². The maximum absolute atomic E-state index is 12.2. The average Bonchev–Trinajstić information content (AvgIpc) is 3.04. The topological polar surface area (TPSA) is 98.5 Å². The minimum absolute atomic E-state index is 0.227. The van der Waals surface area contributed by atoms with Crippen LogP contribution in [-0.2, 0) is 14.3 Å². The molecule has 8 heteroatoms. The van der Waals surface area contributed by atoms with Crippen molar-refractivity contribution in [2.75, 3.05) is 5.32 Å². The monoisotopic (exact) mass is 378 g/mol. The van der Waals surface area contributed by atoms with Gasteiger partial charge in [-0.25, -0.2) is 0 Å². The molecule has 1 aromatic carbocycles. The Morgan fingerprint density at radius 3 is 2.48 bits per heavy atom. The zero-order valence-electron chi connectivity index (χ0n) is 13.7. The molecule has 1 aromatic heterocycles. The fourth-order valence-electron chi connectivity index (χ4n) is 1.89. The summed E-state index contributed by atoms with van der Waals surface area (Å²) in [7, 11) is 0. The number of nitrogens with two attached hydrogens (primary N) is 1. The first kappa shape index (κ1) is 19.0. The Labute approximate surface area is 153 Å². The third-order valence-electron chi connectivity index (χ3n) is 3.22. The molecule has 6 nitrogen and oxygen atoms in total. The van der Waals surface area contributed by atoms with E-state index in [4.69, 9.17) is 10.5 Å². The second-order valence-corrected chi connectivity index (χ2v) is 7.50. The minimum Gasteiger partial charge on any atom is -0.452 e. The summed E-state index contributed by atoms with van der Waals surface area (Å²) in [5.41, 5.74) is 5.46. The molecule has 2 atom stereocenters. The van der Waals surface area contributed by atoms with Gasteiger partial charge in [0.15, 0.2) is 6.10 Å². The number of ether oxygens (including phenoxy) is 1. The first-order chi connectivity index (χ1) is 11.9. The zero-order valence-corrected chi connectivity index (χ0v) is 15.4. The first-order valence-corrected chi connectivity index (χ1v) is 9.24. The van der Waals surface area contributed by atoms with Gasteiger partial charge in [0.05, 0.1) is 5.56 Å². The molecule has 25 heavy (non-hydrogen) atoms. The molecule has 0 saturated heterocycles. The smallest absolute Gasteiger partial charge is 0.319 e. The molecular weight excluding hydrogens is 360 g/mol. The van der Waals surface area contributed by atoms with Crippen LogP contribution in [0.3, 0.4) is 0 Å². The van der Waals surface area contributed by atoms with Crippen LogP contribution in [0, 0.1) is 0 Å². The lowest BCUT2D eigenvalue weighted by Crippen LogP contribution is -2.32. The van der Waals surface area contributed by atoms with Crippen LogP contribution in [0.2, 0.25) is 0 Å². The van der Waals surface area contributed by atoms with Gasteiger partial charge in [0.25, 0.3) is 11.8 Å². The first-order valence-electron chi connectivity index (χ1n) is 7.49. The molecule has 132 valence electrons. The largest absolute Gasteiger partial charge is 0.452 e. The number of primary amides is 1. The number of carbonyl (C=O) groups excluding carboxylic acids is 3. The lowest BCUT2D eigenvalue weighted by atomic mass is 10.3. The molecule has 1 heterocycles. The molecular formula is C17H18N2O4S2. The van der Waals surface area contributed by atoms with E-state index in [-0.39, 0.29) is 5.56 Å². The Balaban J connectivity index is 1.90. The number of amides is 2. The lowest BCUT2D eigenvalue weighted by molar-refractivity contribution is -0.152. The fourth-order valence-corrected chi connectivity index (χ4v) is 3.56. The Morgan fingerprint density at radius 1 is 1.16 bits per heavy atom. The second kappa shape index (κ2) is 8.68. The summed E-state index contributed by atoms with van der Waals surface area (Å²) in [6.07, 6.45) is -0.992. The van der Waals surface area contributed by atoms with Crippen molar-refractivity contribution in [3.05, 3.63) is 47.3 Å². The highest BCUT2D eigenvalue weighted by Crippen LogP contribution is 2.25. The summed E-state index contributed by atoms with van der Waals surface area (Å²) in [5.74, 6) is -1.64. The van der Waals surface area contributed by atoms with E-state index in [1.54, 1.807) is 12.3 Å². The molecule has 0 spiro atoms. The summed E-state index contributed by atoms with van der Waals surface area (Å²) in [6, 6.07) is 11.0. The summed E-state index contributed by atoms with van der Waals surface area (Å²) in [5, 5.41) is 4.09. The number of hydrogen-bond acceptors (Lipinski definition) is 6. The van der Waals surface area contributed by atoms with Crippen molar-refractivity contribution in [2.24, 2.45) is 5.73 Å². The predicted octanol–water partition coefficient (Wildman–Crippen LogP) is 2.90. The van der Waals surface area contributed by atoms with Gasteiger partial charge < -0.3 is 15.8 Å². The van der Waals surface area contributed by atoms with Gasteiger partial charge in [0.2, 0.25) is 0 Å². The Hall–Kier alpha value is -2.32. The number of anilines is 1. The van der Waals surface area contributed by atoms with Crippen molar-refractivity contribution in [3.8, 4) is 0 Å². The van der Waals surface area contributed by atoms with Crippen molar-refractivity contribution >= 4 is 45.9 Å². The van der Waals surface area contributed by atoms with Crippen LogP contribution in [0.15, 0.2) is 46.7 Å². The quantitative estimate of drug-likeness (QED) is 0.570. The molecule has 3 N–H and O–H groups in total. The second-order valence-electron chi connectivity index (χ2n) is 5.17. The van der Waals surface area contributed by atoms with Crippen LogP contribution in [0.5, 0.6) is 0 Å². The summed E-state index contributed by atoms with van der Waals surface area (Å²) in [6.45, 7) is 3.19. The van der Waals surface area contributed by atoms with E-state index < -0.39 is 29.1 Å². The number of hydrogen-bond donors (Lipinski definition) is 2. The molecule has 0 bridgehead atoms. The number of esters is 1. The summed E-state index contributed by atoms with van der Waals surface area (Å²) in [4.78, 5) is 36.5. The van der Waals surface area contributed by atoms with Crippen LogP contribution in [0.25, 0.3) is 0 Å². The van der Waals surface area contributed by atoms with E-state index in [2.05, 4.69) is 5.32 Å². The molecule has 0 unspecified atom stereocenters. The number of rotatable bonds is 7. The molecule has 0 saturated carbocycles. The number of carbonyl (C=O) groups is 3. The van der Waals surface area contributed by atoms with E-state index in [1.165, 1.54) is 36.1 Å². The Morgan fingerprint density at radius 2 is 1.84 bits per heavy atom. The van der Waals surface area contributed by atoms with Gasteiger partial charge in [-0.3, -0.25) is 14.4 Å². The normalized spacial score (nSPS) is 12.9. The van der Waals surface area contributed by atoms with E-state index in [0.717, 1.165) is 4.90 Å². The molecule has 0 radical (unpaired) electrons. The van der Waals surface area contributed by atoms with Gasteiger partial charge in [-0.05, 0) is 37.4 Å². The van der Waals surface area contributed by atoms with Gasteiger partial charge in [0, 0.05) is 4.90 Å². The van der Waals surface area contributed by atoms with Gasteiger partial charge in [-0.15, -0.1) is 23.1 Å². The fraction of sp³-hybridized carbons (Fsp3) is 0.235. The van der Waals surface area contributed by atoms with E-state index in [9.17, 15) is 14.4 Å². The number of thiophene rings is 1. The van der Waals surface area contributed by atoms with Gasteiger partial charge >= 0.3 is 5.97 Å². The molecule has 2 rings (SSSR count). The van der Waals surface area contributed by atoms with Gasteiger partial charge in [-0.1, -0.05) is 18.2 Å². The third-order valence-corrected chi connectivity index (χ3v) is 5.14. The Bertz CT molecular complexity index is 761.